The molecule has 8 nitrogen and oxygen atoms in total. The second-order valence-corrected chi connectivity index (χ2v) is 7.81. The number of aromatic nitrogens is 4. The highest BCUT2D eigenvalue weighted by atomic mass is 16.5. The minimum atomic E-state index is -0.408. The normalized spacial score (nSPS) is 16.2. The Bertz CT molecular complexity index is 1340. The van der Waals surface area contributed by atoms with Crippen molar-refractivity contribution in [3.8, 4) is 11.4 Å². The molecule has 0 saturated carbocycles. The lowest BCUT2D eigenvalue weighted by molar-refractivity contribution is 0.0948. The van der Waals surface area contributed by atoms with Crippen molar-refractivity contribution in [2.45, 2.75) is 39.0 Å². The molecule has 8 heteroatoms. The molecule has 2 aromatic carbocycles. The van der Waals surface area contributed by atoms with Gasteiger partial charge in [-0.3, -0.25) is 13.9 Å². The molecule has 3 heterocycles. The number of benzene rings is 2. The third-order valence-corrected chi connectivity index (χ3v) is 5.61. The topological polar surface area (TPSA) is 92.1 Å². The first kappa shape index (κ1) is 19.4. The molecule has 1 aliphatic rings. The number of aryl methyl sites for hydroxylation is 1. The van der Waals surface area contributed by atoms with Crippen molar-refractivity contribution < 1.29 is 9.26 Å². The number of nitrogens with zero attached hydrogens (tertiary/aromatic N) is 4. The SMILES string of the molecule is Cc1ccc(-c2noc(Cn3c(=O)n(C[C@H]4CCCO4)c(=O)c4ccccc43)n2)cc1. The van der Waals surface area contributed by atoms with Gasteiger partial charge in [0, 0.05) is 12.2 Å². The molecule has 5 rings (SSSR count). The summed E-state index contributed by atoms with van der Waals surface area (Å²) in [6, 6.07) is 14.9. The van der Waals surface area contributed by atoms with Crippen LogP contribution in [0, 0.1) is 6.92 Å². The Morgan fingerprint density at radius 3 is 2.65 bits per heavy atom. The van der Waals surface area contributed by atoms with Crippen molar-refractivity contribution in [2.24, 2.45) is 0 Å². The molecule has 31 heavy (non-hydrogen) atoms. The molecule has 0 bridgehead atoms. The molecule has 1 saturated heterocycles. The number of hydrogen-bond donors (Lipinski definition) is 0. The van der Waals surface area contributed by atoms with Gasteiger partial charge in [0.05, 0.1) is 23.6 Å². The summed E-state index contributed by atoms with van der Waals surface area (Å²) >= 11 is 0. The third-order valence-electron chi connectivity index (χ3n) is 5.61. The van der Waals surface area contributed by atoms with E-state index in [9.17, 15) is 9.59 Å². The first-order chi connectivity index (χ1) is 15.1. The lowest BCUT2D eigenvalue weighted by Crippen LogP contribution is -2.42. The van der Waals surface area contributed by atoms with Crippen LogP contribution in [-0.4, -0.2) is 32.0 Å². The summed E-state index contributed by atoms with van der Waals surface area (Å²) in [4.78, 5) is 30.8. The van der Waals surface area contributed by atoms with E-state index >= 15 is 0 Å². The maximum absolute atomic E-state index is 13.3. The van der Waals surface area contributed by atoms with Crippen LogP contribution in [-0.2, 0) is 17.8 Å². The second kappa shape index (κ2) is 7.96. The van der Waals surface area contributed by atoms with E-state index in [4.69, 9.17) is 9.26 Å². The van der Waals surface area contributed by atoms with E-state index in [1.165, 1.54) is 9.13 Å². The molecule has 1 atom stereocenters. The molecule has 0 spiro atoms. The quantitative estimate of drug-likeness (QED) is 0.495. The van der Waals surface area contributed by atoms with E-state index < -0.39 is 5.69 Å². The molecule has 1 fully saturated rings. The van der Waals surface area contributed by atoms with E-state index in [1.807, 2.05) is 31.2 Å². The molecule has 1 aliphatic heterocycles. The fraction of sp³-hybridized carbons (Fsp3) is 0.304. The Hall–Kier alpha value is -3.52. The Labute approximate surface area is 177 Å². The Kier molecular flexibility index (Phi) is 4.99. The van der Waals surface area contributed by atoms with Gasteiger partial charge in [0.25, 0.3) is 5.56 Å². The van der Waals surface area contributed by atoms with E-state index in [-0.39, 0.29) is 24.8 Å². The fourth-order valence-corrected chi connectivity index (χ4v) is 3.95. The monoisotopic (exact) mass is 418 g/mol. The highest BCUT2D eigenvalue weighted by Crippen LogP contribution is 2.18. The van der Waals surface area contributed by atoms with Crippen LogP contribution in [0.1, 0.15) is 24.3 Å². The zero-order chi connectivity index (χ0) is 21.4. The number of para-hydroxylation sites is 1. The van der Waals surface area contributed by atoms with Crippen LogP contribution < -0.4 is 11.2 Å². The van der Waals surface area contributed by atoms with Gasteiger partial charge in [0.1, 0.15) is 6.54 Å². The van der Waals surface area contributed by atoms with Crippen molar-refractivity contribution in [2.75, 3.05) is 6.61 Å². The summed E-state index contributed by atoms with van der Waals surface area (Å²) in [5, 5.41) is 4.53. The zero-order valence-electron chi connectivity index (χ0n) is 17.2. The summed E-state index contributed by atoms with van der Waals surface area (Å²) in [5.41, 5.74) is 1.80. The highest BCUT2D eigenvalue weighted by molar-refractivity contribution is 5.77. The van der Waals surface area contributed by atoms with Crippen LogP contribution in [0.15, 0.2) is 62.6 Å². The predicted octanol–water partition coefficient (Wildman–Crippen LogP) is 2.75. The Balaban J connectivity index is 1.55. The smallest absolute Gasteiger partial charge is 0.332 e. The standard InChI is InChI=1S/C23H22N4O4/c1-15-8-10-16(11-9-15)21-24-20(31-25-21)14-26-19-7-3-2-6-18(19)22(28)27(23(26)29)13-17-5-4-12-30-17/h2-3,6-11,17H,4-5,12-14H2,1H3/t17-/m1/s1. The van der Waals surface area contributed by atoms with Crippen LogP contribution in [0.3, 0.4) is 0 Å². The van der Waals surface area contributed by atoms with Crippen molar-refractivity contribution in [1.29, 1.82) is 0 Å². The maximum Gasteiger partial charge on any atom is 0.332 e. The largest absolute Gasteiger partial charge is 0.376 e. The van der Waals surface area contributed by atoms with Gasteiger partial charge in [0.15, 0.2) is 0 Å². The molecule has 2 aromatic heterocycles. The molecular weight excluding hydrogens is 396 g/mol. The molecule has 0 unspecified atom stereocenters. The van der Waals surface area contributed by atoms with Crippen LogP contribution in [0.25, 0.3) is 22.3 Å². The number of fused-ring (bicyclic) bond motifs is 1. The van der Waals surface area contributed by atoms with Gasteiger partial charge < -0.3 is 9.26 Å². The average molecular weight is 418 g/mol. The number of ether oxygens (including phenoxy) is 1. The van der Waals surface area contributed by atoms with Crippen molar-refractivity contribution in [1.82, 2.24) is 19.3 Å². The third kappa shape index (κ3) is 3.70. The fourth-order valence-electron chi connectivity index (χ4n) is 3.95. The highest BCUT2D eigenvalue weighted by Gasteiger charge is 2.21. The summed E-state index contributed by atoms with van der Waals surface area (Å²) in [5.74, 6) is 0.755. The second-order valence-electron chi connectivity index (χ2n) is 7.81. The van der Waals surface area contributed by atoms with E-state index in [0.717, 1.165) is 24.0 Å². The summed E-state index contributed by atoms with van der Waals surface area (Å²) in [7, 11) is 0. The lowest BCUT2D eigenvalue weighted by Gasteiger charge is -2.15. The van der Waals surface area contributed by atoms with E-state index in [2.05, 4.69) is 10.1 Å². The molecule has 158 valence electrons. The molecule has 0 amide bonds. The summed E-state index contributed by atoms with van der Waals surface area (Å²) in [6.45, 7) is 2.98. The molecule has 0 aliphatic carbocycles. The molecule has 0 N–H and O–H groups in total. The Morgan fingerprint density at radius 2 is 1.87 bits per heavy atom. The van der Waals surface area contributed by atoms with Gasteiger partial charge in [-0.2, -0.15) is 4.98 Å². The van der Waals surface area contributed by atoms with Gasteiger partial charge in [-0.05, 0) is 31.9 Å². The van der Waals surface area contributed by atoms with Gasteiger partial charge in [-0.15, -0.1) is 0 Å². The number of rotatable bonds is 5. The first-order valence-corrected chi connectivity index (χ1v) is 10.3. The predicted molar refractivity (Wildman–Crippen MR) is 115 cm³/mol. The van der Waals surface area contributed by atoms with Gasteiger partial charge in [0.2, 0.25) is 11.7 Å². The van der Waals surface area contributed by atoms with Crippen LogP contribution in [0.4, 0.5) is 0 Å². The minimum absolute atomic E-state index is 0.0734. The molecular formula is C23H22N4O4. The van der Waals surface area contributed by atoms with Crippen LogP contribution in [0.5, 0.6) is 0 Å². The Morgan fingerprint density at radius 1 is 1.06 bits per heavy atom. The number of hydrogen-bond acceptors (Lipinski definition) is 6. The summed E-state index contributed by atoms with van der Waals surface area (Å²) in [6.07, 6.45) is 1.64. The maximum atomic E-state index is 13.3. The molecule has 0 radical (unpaired) electrons. The van der Waals surface area contributed by atoms with Crippen molar-refractivity contribution in [3.63, 3.8) is 0 Å². The van der Waals surface area contributed by atoms with E-state index in [0.29, 0.717) is 29.2 Å². The summed E-state index contributed by atoms with van der Waals surface area (Å²) < 4.78 is 13.8. The van der Waals surface area contributed by atoms with Crippen molar-refractivity contribution >= 4 is 10.9 Å². The van der Waals surface area contributed by atoms with Crippen molar-refractivity contribution in [3.05, 3.63) is 80.8 Å². The van der Waals surface area contributed by atoms with Crippen LogP contribution >= 0.6 is 0 Å². The first-order valence-electron chi connectivity index (χ1n) is 10.3. The lowest BCUT2D eigenvalue weighted by atomic mass is 10.1. The zero-order valence-corrected chi connectivity index (χ0v) is 17.2. The van der Waals surface area contributed by atoms with E-state index in [1.54, 1.807) is 24.3 Å². The van der Waals surface area contributed by atoms with Gasteiger partial charge >= 0.3 is 5.69 Å². The van der Waals surface area contributed by atoms with Gasteiger partial charge in [-0.25, -0.2) is 4.79 Å². The minimum Gasteiger partial charge on any atom is -0.376 e. The average Bonchev–Trinajstić information content (AvgIpc) is 3.47. The van der Waals surface area contributed by atoms with Crippen LogP contribution in [0.2, 0.25) is 0 Å². The molecule has 4 aromatic rings. The van der Waals surface area contributed by atoms with Gasteiger partial charge in [-0.1, -0.05) is 47.1 Å².